The number of carbonyl (C=O) groups is 1. The molecule has 4 aromatic rings. The third-order valence-corrected chi connectivity index (χ3v) is 6.74. The van der Waals surface area contributed by atoms with E-state index in [9.17, 15) is 4.79 Å². The van der Waals surface area contributed by atoms with E-state index in [0.29, 0.717) is 12.1 Å². The van der Waals surface area contributed by atoms with Gasteiger partial charge in [-0.1, -0.05) is 53.8 Å². The highest BCUT2D eigenvalue weighted by Crippen LogP contribution is 2.33. The van der Waals surface area contributed by atoms with Crippen molar-refractivity contribution in [3.63, 3.8) is 0 Å². The summed E-state index contributed by atoms with van der Waals surface area (Å²) < 4.78 is 1.13. The zero-order valence-corrected chi connectivity index (χ0v) is 18.3. The molecule has 0 unspecified atom stereocenters. The lowest BCUT2D eigenvalue weighted by molar-refractivity contribution is 0.0985. The fraction of sp³-hybridized carbons (Fsp3) is 0.167. The van der Waals surface area contributed by atoms with E-state index in [4.69, 9.17) is 4.98 Å². The molecule has 0 N–H and O–H groups in total. The number of fused-ring (bicyclic) bond motifs is 1. The fourth-order valence-corrected chi connectivity index (χ4v) is 4.86. The molecule has 0 spiro atoms. The minimum absolute atomic E-state index is 0.0295. The molecule has 146 valence electrons. The van der Waals surface area contributed by atoms with Crippen molar-refractivity contribution in [2.24, 2.45) is 0 Å². The molecular formula is C24H22N2OS2. The number of thiazole rings is 1. The van der Waals surface area contributed by atoms with Crippen molar-refractivity contribution in [1.82, 2.24) is 4.98 Å². The van der Waals surface area contributed by atoms with Gasteiger partial charge in [-0.2, -0.15) is 0 Å². The average molecular weight is 419 g/mol. The van der Waals surface area contributed by atoms with Crippen molar-refractivity contribution in [3.05, 3.63) is 89.0 Å². The van der Waals surface area contributed by atoms with Gasteiger partial charge in [0.1, 0.15) is 0 Å². The number of amides is 1. The SMILES string of the molecule is CSc1cccc(C(=O)N(Cc2ccccc2)c2nc3cc(C)cc(C)c3s2)c1. The Labute approximate surface area is 179 Å². The summed E-state index contributed by atoms with van der Waals surface area (Å²) in [6.07, 6.45) is 2.02. The normalized spacial score (nSPS) is 11.0. The molecule has 29 heavy (non-hydrogen) atoms. The van der Waals surface area contributed by atoms with Crippen molar-refractivity contribution in [3.8, 4) is 0 Å². The van der Waals surface area contributed by atoms with Crippen LogP contribution >= 0.6 is 23.1 Å². The fourth-order valence-electron chi connectivity index (χ4n) is 3.38. The van der Waals surface area contributed by atoms with E-state index in [1.54, 1.807) is 28.0 Å². The van der Waals surface area contributed by atoms with Crippen molar-refractivity contribution in [1.29, 1.82) is 0 Å². The maximum absolute atomic E-state index is 13.5. The van der Waals surface area contributed by atoms with E-state index in [1.807, 2.05) is 60.9 Å². The quantitative estimate of drug-likeness (QED) is 0.348. The second-order valence-corrected chi connectivity index (χ2v) is 8.89. The summed E-state index contributed by atoms with van der Waals surface area (Å²) >= 11 is 3.22. The van der Waals surface area contributed by atoms with Gasteiger partial charge in [-0.15, -0.1) is 11.8 Å². The maximum Gasteiger partial charge on any atom is 0.260 e. The average Bonchev–Trinajstić information content (AvgIpc) is 3.16. The number of carbonyl (C=O) groups excluding carboxylic acids is 1. The highest BCUT2D eigenvalue weighted by Gasteiger charge is 2.22. The highest BCUT2D eigenvalue weighted by atomic mass is 32.2. The lowest BCUT2D eigenvalue weighted by Crippen LogP contribution is -2.30. The minimum Gasteiger partial charge on any atom is -0.279 e. The zero-order chi connectivity index (χ0) is 20.4. The molecule has 0 radical (unpaired) electrons. The molecule has 1 amide bonds. The molecular weight excluding hydrogens is 396 g/mol. The number of aryl methyl sites for hydroxylation is 2. The maximum atomic E-state index is 13.5. The van der Waals surface area contributed by atoms with E-state index < -0.39 is 0 Å². The molecule has 0 bridgehead atoms. The second kappa shape index (κ2) is 8.39. The molecule has 0 saturated heterocycles. The summed E-state index contributed by atoms with van der Waals surface area (Å²) in [6.45, 7) is 4.66. The number of hydrogen-bond donors (Lipinski definition) is 0. The van der Waals surface area contributed by atoms with Crippen LogP contribution in [0.1, 0.15) is 27.0 Å². The van der Waals surface area contributed by atoms with E-state index >= 15 is 0 Å². The van der Waals surface area contributed by atoms with E-state index in [-0.39, 0.29) is 5.91 Å². The Morgan fingerprint density at radius 3 is 2.59 bits per heavy atom. The third kappa shape index (κ3) is 4.21. The van der Waals surface area contributed by atoms with Crippen LogP contribution in [-0.2, 0) is 6.54 Å². The summed E-state index contributed by atoms with van der Waals surface area (Å²) in [5.41, 5.74) is 5.08. The van der Waals surface area contributed by atoms with Crippen LogP contribution in [-0.4, -0.2) is 17.1 Å². The Morgan fingerprint density at radius 1 is 1.03 bits per heavy atom. The van der Waals surface area contributed by atoms with Gasteiger partial charge < -0.3 is 0 Å². The van der Waals surface area contributed by atoms with Crippen molar-refractivity contribution >= 4 is 44.4 Å². The number of hydrogen-bond acceptors (Lipinski definition) is 4. The number of thioether (sulfide) groups is 1. The molecule has 0 aliphatic heterocycles. The van der Waals surface area contributed by atoms with Gasteiger partial charge in [-0.3, -0.25) is 9.69 Å². The predicted octanol–water partition coefficient (Wildman–Crippen LogP) is 6.48. The van der Waals surface area contributed by atoms with Crippen molar-refractivity contribution < 1.29 is 4.79 Å². The van der Waals surface area contributed by atoms with Crippen LogP contribution in [0.4, 0.5) is 5.13 Å². The number of anilines is 1. The van der Waals surface area contributed by atoms with Gasteiger partial charge in [0.05, 0.1) is 16.8 Å². The van der Waals surface area contributed by atoms with Gasteiger partial charge >= 0.3 is 0 Å². The van der Waals surface area contributed by atoms with Crippen LogP contribution in [0.15, 0.2) is 71.6 Å². The first-order valence-electron chi connectivity index (χ1n) is 9.43. The smallest absolute Gasteiger partial charge is 0.260 e. The number of aromatic nitrogens is 1. The topological polar surface area (TPSA) is 33.2 Å². The predicted molar refractivity (Wildman–Crippen MR) is 124 cm³/mol. The van der Waals surface area contributed by atoms with Crippen LogP contribution in [0, 0.1) is 13.8 Å². The molecule has 0 fully saturated rings. The summed E-state index contributed by atoms with van der Waals surface area (Å²) in [6, 6.07) is 22.1. The first kappa shape index (κ1) is 19.7. The molecule has 0 aliphatic rings. The number of rotatable bonds is 5. The Kier molecular flexibility index (Phi) is 5.69. The molecule has 1 aromatic heterocycles. The zero-order valence-electron chi connectivity index (χ0n) is 16.7. The molecule has 3 aromatic carbocycles. The molecule has 0 saturated carbocycles. The standard InChI is InChI=1S/C24H22N2OS2/c1-16-12-17(2)22-21(13-16)25-24(29-22)26(15-18-8-5-4-6-9-18)23(27)19-10-7-11-20(14-19)28-3/h4-14H,15H2,1-3H3. The van der Waals surface area contributed by atoms with Gasteiger partial charge in [-0.05, 0) is 61.1 Å². The Bertz CT molecular complexity index is 1170. The van der Waals surface area contributed by atoms with Crippen molar-refractivity contribution in [2.75, 3.05) is 11.2 Å². The highest BCUT2D eigenvalue weighted by molar-refractivity contribution is 7.98. The van der Waals surface area contributed by atoms with Gasteiger partial charge in [0, 0.05) is 10.5 Å². The Hall–Kier alpha value is -2.63. The molecule has 1 heterocycles. The Morgan fingerprint density at radius 2 is 1.83 bits per heavy atom. The largest absolute Gasteiger partial charge is 0.279 e. The first-order valence-corrected chi connectivity index (χ1v) is 11.5. The van der Waals surface area contributed by atoms with Crippen LogP contribution in [0.25, 0.3) is 10.2 Å². The van der Waals surface area contributed by atoms with Crippen LogP contribution < -0.4 is 4.90 Å². The number of benzene rings is 3. The molecule has 3 nitrogen and oxygen atoms in total. The summed E-state index contributed by atoms with van der Waals surface area (Å²) in [4.78, 5) is 21.2. The third-order valence-electron chi connectivity index (χ3n) is 4.79. The van der Waals surface area contributed by atoms with Gasteiger partial charge in [0.2, 0.25) is 0 Å². The molecule has 4 rings (SSSR count). The van der Waals surface area contributed by atoms with Crippen LogP contribution in [0.5, 0.6) is 0 Å². The summed E-state index contributed by atoms with van der Waals surface area (Å²) in [5.74, 6) is -0.0295. The Balaban J connectivity index is 1.79. The monoisotopic (exact) mass is 418 g/mol. The van der Waals surface area contributed by atoms with Crippen LogP contribution in [0.2, 0.25) is 0 Å². The van der Waals surface area contributed by atoms with Crippen LogP contribution in [0.3, 0.4) is 0 Å². The lowest BCUT2D eigenvalue weighted by Gasteiger charge is -2.20. The summed E-state index contributed by atoms with van der Waals surface area (Å²) in [5, 5.41) is 0.733. The van der Waals surface area contributed by atoms with Crippen molar-refractivity contribution in [2.45, 2.75) is 25.3 Å². The van der Waals surface area contributed by atoms with Gasteiger partial charge in [0.15, 0.2) is 5.13 Å². The van der Waals surface area contributed by atoms with Gasteiger partial charge in [-0.25, -0.2) is 4.98 Å². The van der Waals surface area contributed by atoms with E-state index in [0.717, 1.165) is 25.8 Å². The minimum atomic E-state index is -0.0295. The lowest BCUT2D eigenvalue weighted by atomic mass is 10.1. The molecule has 5 heteroatoms. The summed E-state index contributed by atoms with van der Waals surface area (Å²) in [7, 11) is 0. The van der Waals surface area contributed by atoms with Gasteiger partial charge in [0.25, 0.3) is 5.91 Å². The van der Waals surface area contributed by atoms with E-state index in [2.05, 4.69) is 26.0 Å². The number of nitrogens with zero attached hydrogens (tertiary/aromatic N) is 2. The molecule has 0 atom stereocenters. The second-order valence-electron chi connectivity index (χ2n) is 7.04. The first-order chi connectivity index (χ1) is 14.0. The molecule has 0 aliphatic carbocycles. The van der Waals surface area contributed by atoms with E-state index in [1.165, 1.54) is 11.1 Å².